The number of carbonyl (C=O) groups is 1. The van der Waals surface area contributed by atoms with Gasteiger partial charge in [-0.3, -0.25) is 4.79 Å². The Balaban J connectivity index is 2.80. The van der Waals surface area contributed by atoms with Crippen molar-refractivity contribution in [2.24, 2.45) is 0 Å². The number of fused-ring (bicyclic) bond motifs is 1. The number of benzene rings is 1. The van der Waals surface area contributed by atoms with Crippen molar-refractivity contribution in [2.75, 3.05) is 5.32 Å². The summed E-state index contributed by atoms with van der Waals surface area (Å²) in [5.41, 5.74) is -0.617. The number of amides is 1. The van der Waals surface area contributed by atoms with Crippen molar-refractivity contribution in [2.45, 2.75) is 12.7 Å². The van der Waals surface area contributed by atoms with E-state index in [4.69, 9.17) is 8.22 Å². The molecule has 0 unspecified atom stereocenters. The molecule has 1 aromatic carbocycles. The molecule has 0 fully saturated rings. The number of rotatable bonds is 0. The van der Waals surface area contributed by atoms with E-state index < -0.39 is 36.5 Å². The zero-order chi connectivity index (χ0) is 13.9. The third kappa shape index (κ3) is 1.13. The van der Waals surface area contributed by atoms with Gasteiger partial charge in [0.25, 0.3) is 0 Å². The number of nitrogens with one attached hydrogen (secondary N) is 1. The molecule has 3 heteroatoms. The topological polar surface area (TPSA) is 49.3 Å². The normalized spacial score (nSPS) is 30.8. The van der Waals surface area contributed by atoms with Crippen LogP contribution in [0.5, 0.6) is 5.75 Å². The second kappa shape index (κ2) is 2.52. The SMILES string of the molecule is [2H]c1cc2c(c([2H])c1O)NC(=O)C([2H])([2H])C2([2H])[2H]. The van der Waals surface area contributed by atoms with E-state index in [9.17, 15) is 9.90 Å². The third-order valence-electron chi connectivity index (χ3n) is 1.42. The molecule has 62 valence electrons. The van der Waals surface area contributed by atoms with Crippen molar-refractivity contribution < 1.29 is 18.1 Å². The van der Waals surface area contributed by atoms with E-state index >= 15 is 0 Å². The summed E-state index contributed by atoms with van der Waals surface area (Å²) in [5.74, 6) is -1.90. The number of hydrogen-bond donors (Lipinski definition) is 2. The lowest BCUT2D eigenvalue weighted by Crippen LogP contribution is -2.18. The van der Waals surface area contributed by atoms with Crippen LogP contribution in [0.4, 0.5) is 5.69 Å². The van der Waals surface area contributed by atoms with Crippen LogP contribution in [-0.2, 0) is 11.2 Å². The summed E-state index contributed by atoms with van der Waals surface area (Å²) in [4.78, 5) is 11.5. The van der Waals surface area contributed by atoms with Crippen LogP contribution in [0, 0.1) is 0 Å². The zero-order valence-corrected chi connectivity index (χ0v) is 5.93. The highest BCUT2D eigenvalue weighted by Gasteiger charge is 2.14. The summed E-state index contributed by atoms with van der Waals surface area (Å²) in [6.45, 7) is 0. The molecule has 2 N–H and O–H groups in total. The molecule has 0 bridgehead atoms. The van der Waals surface area contributed by atoms with Gasteiger partial charge >= 0.3 is 0 Å². The smallest absolute Gasteiger partial charge is 0.224 e. The highest BCUT2D eigenvalue weighted by Crippen LogP contribution is 2.25. The summed E-state index contributed by atoms with van der Waals surface area (Å²) < 4.78 is 45.2. The molecular weight excluding hydrogens is 154 g/mol. The molecule has 0 radical (unpaired) electrons. The van der Waals surface area contributed by atoms with Gasteiger partial charge in [0.1, 0.15) is 5.75 Å². The van der Waals surface area contributed by atoms with E-state index in [1.54, 1.807) is 0 Å². The van der Waals surface area contributed by atoms with Gasteiger partial charge in [-0.25, -0.2) is 0 Å². The number of carbonyl (C=O) groups excluding carboxylic acids is 1. The lowest BCUT2D eigenvalue weighted by Gasteiger charge is -2.16. The van der Waals surface area contributed by atoms with Crippen LogP contribution in [0.3, 0.4) is 0 Å². The minimum atomic E-state index is -2.81. The Labute approximate surface area is 78.5 Å². The van der Waals surface area contributed by atoms with Gasteiger partial charge in [0.2, 0.25) is 5.91 Å². The molecule has 2 rings (SSSR count). The van der Waals surface area contributed by atoms with E-state index in [0.717, 1.165) is 6.07 Å². The number of hydrogen-bond acceptors (Lipinski definition) is 2. The Bertz CT molecular complexity index is 556. The van der Waals surface area contributed by atoms with Crippen molar-refractivity contribution in [3.63, 3.8) is 0 Å². The standard InChI is InChI=1S/C9H9NO2/c11-7-3-1-6-2-4-9(12)10-8(6)5-7/h1,3,5,11H,2,4H2,(H,10,12)/i2D2,3D,4D2,5D. The molecular formula is C9H9NO2. The van der Waals surface area contributed by atoms with Gasteiger partial charge in [0, 0.05) is 23.6 Å². The molecule has 1 aliphatic rings. The Hall–Kier alpha value is -1.51. The number of aryl methyl sites for hydroxylation is 1. The Morgan fingerprint density at radius 1 is 1.67 bits per heavy atom. The molecule has 1 aromatic rings. The Morgan fingerprint density at radius 2 is 2.50 bits per heavy atom. The van der Waals surface area contributed by atoms with E-state index in [0.29, 0.717) is 0 Å². The molecule has 1 heterocycles. The fourth-order valence-corrected chi connectivity index (χ4v) is 0.901. The monoisotopic (exact) mass is 169 g/mol. The first-order chi connectivity index (χ1) is 8.10. The molecule has 3 nitrogen and oxygen atoms in total. The van der Waals surface area contributed by atoms with Crippen molar-refractivity contribution in [3.8, 4) is 5.75 Å². The van der Waals surface area contributed by atoms with Gasteiger partial charge in [-0.1, -0.05) is 6.07 Å². The quantitative estimate of drug-likeness (QED) is 0.614. The third-order valence-corrected chi connectivity index (χ3v) is 1.42. The average Bonchev–Trinajstić information content (AvgIpc) is 2.27. The first-order valence-electron chi connectivity index (χ1n) is 6.26. The fraction of sp³-hybridized carbons (Fsp3) is 0.222. The number of anilines is 1. The zero-order valence-electron chi connectivity index (χ0n) is 11.9. The maximum atomic E-state index is 11.5. The van der Waals surface area contributed by atoms with Gasteiger partial charge in [0.05, 0.1) is 2.74 Å². The summed E-state index contributed by atoms with van der Waals surface area (Å²) >= 11 is 0. The van der Waals surface area contributed by atoms with Crippen LogP contribution in [0.2, 0.25) is 0 Å². The number of phenols is 1. The predicted octanol–water partition coefficient (Wildman–Crippen LogP) is 1.28. The van der Waals surface area contributed by atoms with Crippen LogP contribution < -0.4 is 5.32 Å². The number of aromatic hydroxyl groups is 1. The van der Waals surface area contributed by atoms with Gasteiger partial charge in [-0.05, 0) is 18.0 Å². The maximum absolute atomic E-state index is 11.5. The maximum Gasteiger partial charge on any atom is 0.224 e. The van der Waals surface area contributed by atoms with Gasteiger partial charge in [-0.2, -0.15) is 0 Å². The van der Waals surface area contributed by atoms with Crippen LogP contribution in [0.1, 0.15) is 20.2 Å². The molecule has 12 heavy (non-hydrogen) atoms. The van der Waals surface area contributed by atoms with Crippen molar-refractivity contribution in [3.05, 3.63) is 23.7 Å². The van der Waals surface area contributed by atoms with E-state index in [2.05, 4.69) is 5.32 Å². The molecule has 1 amide bonds. The molecule has 0 aliphatic carbocycles. The highest BCUT2D eigenvalue weighted by molar-refractivity contribution is 5.94. The lowest BCUT2D eigenvalue weighted by molar-refractivity contribution is -0.116. The first kappa shape index (κ1) is 3.09. The Morgan fingerprint density at radius 3 is 3.33 bits per heavy atom. The fourth-order valence-electron chi connectivity index (χ4n) is 0.901. The van der Waals surface area contributed by atoms with Crippen molar-refractivity contribution in [1.29, 1.82) is 0 Å². The molecule has 0 saturated carbocycles. The van der Waals surface area contributed by atoms with Crippen LogP contribution in [0.25, 0.3) is 0 Å². The summed E-state index contributed by atoms with van der Waals surface area (Å²) in [6, 6.07) is -0.167. The molecule has 0 spiro atoms. The largest absolute Gasteiger partial charge is 0.508 e. The second-order valence-corrected chi connectivity index (χ2v) is 2.26. The predicted molar refractivity (Wildman–Crippen MR) is 45.1 cm³/mol. The van der Waals surface area contributed by atoms with Crippen LogP contribution in [-0.4, -0.2) is 11.0 Å². The minimum Gasteiger partial charge on any atom is -0.508 e. The van der Waals surface area contributed by atoms with Crippen LogP contribution >= 0.6 is 0 Å². The molecule has 1 aliphatic heterocycles. The van der Waals surface area contributed by atoms with E-state index in [-0.39, 0.29) is 11.3 Å². The lowest BCUT2D eigenvalue weighted by atomic mass is 10.0. The molecule has 0 atom stereocenters. The summed E-state index contributed by atoms with van der Waals surface area (Å²) in [5, 5.41) is 11.5. The van der Waals surface area contributed by atoms with E-state index in [1.807, 2.05) is 0 Å². The van der Waals surface area contributed by atoms with Gasteiger partial charge < -0.3 is 10.4 Å². The van der Waals surface area contributed by atoms with E-state index in [1.165, 1.54) is 0 Å². The van der Waals surface area contributed by atoms with Crippen molar-refractivity contribution >= 4 is 11.6 Å². The second-order valence-electron chi connectivity index (χ2n) is 2.26. The summed E-state index contributed by atoms with van der Waals surface area (Å²) in [7, 11) is 0. The Kier molecular flexibility index (Phi) is 0.647. The van der Waals surface area contributed by atoms with Gasteiger partial charge in [-0.15, -0.1) is 0 Å². The minimum absolute atomic E-state index is 0.298. The molecule has 0 saturated heterocycles. The number of phenolic OH excluding ortho intramolecular Hbond substituents is 1. The summed E-state index contributed by atoms with van der Waals surface area (Å²) in [6.07, 6.45) is -5.49. The highest BCUT2D eigenvalue weighted by atomic mass is 16.3. The van der Waals surface area contributed by atoms with Crippen LogP contribution in [0.15, 0.2) is 18.2 Å². The molecule has 0 aromatic heterocycles. The van der Waals surface area contributed by atoms with Crippen molar-refractivity contribution in [1.82, 2.24) is 0 Å². The van der Waals surface area contributed by atoms with Gasteiger partial charge in [0.15, 0.2) is 0 Å². The first-order valence-corrected chi connectivity index (χ1v) is 3.26. The average molecular weight is 169 g/mol.